The second-order valence-corrected chi connectivity index (χ2v) is 7.08. The molecule has 0 amide bonds. The van der Waals surface area contributed by atoms with Gasteiger partial charge < -0.3 is 15.0 Å². The minimum atomic E-state index is 0.508. The second kappa shape index (κ2) is 8.16. The average molecular weight is 355 g/mol. The summed E-state index contributed by atoms with van der Waals surface area (Å²) in [6.07, 6.45) is 2.53. The fourth-order valence-electron chi connectivity index (χ4n) is 2.86. The summed E-state index contributed by atoms with van der Waals surface area (Å²) in [5.41, 5.74) is 2.63. The van der Waals surface area contributed by atoms with Crippen molar-refractivity contribution in [2.24, 2.45) is 5.92 Å². The fraction of sp³-hybridized carbons (Fsp3) is 0.647. The smallest absolute Gasteiger partial charge is 0.0507 e. The van der Waals surface area contributed by atoms with Crippen LogP contribution in [0.25, 0.3) is 0 Å². The van der Waals surface area contributed by atoms with Crippen LogP contribution in [0.2, 0.25) is 0 Å². The molecule has 1 fully saturated rings. The molecule has 1 aliphatic rings. The highest BCUT2D eigenvalue weighted by atomic mass is 79.9. The van der Waals surface area contributed by atoms with Crippen molar-refractivity contribution in [1.82, 2.24) is 5.32 Å². The van der Waals surface area contributed by atoms with E-state index in [4.69, 9.17) is 4.74 Å². The first-order valence-electron chi connectivity index (χ1n) is 7.86. The summed E-state index contributed by atoms with van der Waals surface area (Å²) in [6.45, 7) is 8.37. The Morgan fingerprint density at radius 3 is 2.90 bits per heavy atom. The van der Waals surface area contributed by atoms with Crippen LogP contribution in [0, 0.1) is 5.92 Å². The normalized spacial score (nSPS) is 19.3. The first-order chi connectivity index (χ1) is 10.1. The molecular formula is C17H27BrN2O. The van der Waals surface area contributed by atoms with Gasteiger partial charge in [0, 0.05) is 42.9 Å². The van der Waals surface area contributed by atoms with Crippen LogP contribution in [0.1, 0.15) is 32.3 Å². The largest absolute Gasteiger partial charge is 0.384 e. The van der Waals surface area contributed by atoms with Gasteiger partial charge in [0.2, 0.25) is 0 Å². The van der Waals surface area contributed by atoms with Crippen LogP contribution in [0.3, 0.4) is 0 Å². The van der Waals surface area contributed by atoms with Crippen molar-refractivity contribution < 1.29 is 4.74 Å². The molecule has 1 aliphatic heterocycles. The van der Waals surface area contributed by atoms with Gasteiger partial charge in [0.1, 0.15) is 0 Å². The number of nitrogens with one attached hydrogen (secondary N) is 1. The van der Waals surface area contributed by atoms with Crippen LogP contribution in [0.4, 0.5) is 5.69 Å². The minimum Gasteiger partial charge on any atom is -0.384 e. The number of piperidine rings is 1. The van der Waals surface area contributed by atoms with Crippen LogP contribution in [-0.4, -0.2) is 32.8 Å². The van der Waals surface area contributed by atoms with Gasteiger partial charge in [-0.15, -0.1) is 0 Å². The lowest BCUT2D eigenvalue weighted by Crippen LogP contribution is -2.37. The summed E-state index contributed by atoms with van der Waals surface area (Å²) < 4.78 is 6.51. The molecule has 0 bridgehead atoms. The molecule has 2 rings (SSSR count). The van der Waals surface area contributed by atoms with Crippen molar-refractivity contribution in [2.45, 2.75) is 39.3 Å². The van der Waals surface area contributed by atoms with E-state index in [1.807, 2.05) is 0 Å². The van der Waals surface area contributed by atoms with Gasteiger partial charge in [-0.25, -0.2) is 0 Å². The number of benzene rings is 1. The number of hydrogen-bond acceptors (Lipinski definition) is 3. The number of halogens is 1. The Morgan fingerprint density at radius 2 is 2.24 bits per heavy atom. The molecule has 118 valence electrons. The zero-order valence-corrected chi connectivity index (χ0v) is 14.9. The Kier molecular flexibility index (Phi) is 6.52. The van der Waals surface area contributed by atoms with Crippen molar-refractivity contribution in [3.8, 4) is 0 Å². The standard InChI is InChI=1S/C17H27BrN2O/c1-13(2)19-10-15-6-7-16(9-17(15)18)20-8-4-5-14(11-20)12-21-3/h6-7,9,13-14,19H,4-5,8,10-12H2,1-3H3. The van der Waals surface area contributed by atoms with Gasteiger partial charge in [0.15, 0.2) is 0 Å². The predicted molar refractivity (Wildman–Crippen MR) is 92.9 cm³/mol. The summed E-state index contributed by atoms with van der Waals surface area (Å²) in [7, 11) is 1.80. The van der Waals surface area contributed by atoms with E-state index in [0.29, 0.717) is 12.0 Å². The maximum atomic E-state index is 5.32. The zero-order chi connectivity index (χ0) is 15.2. The van der Waals surface area contributed by atoms with Crippen molar-refractivity contribution in [2.75, 3.05) is 31.7 Å². The Hall–Kier alpha value is -0.580. The monoisotopic (exact) mass is 354 g/mol. The molecule has 1 saturated heterocycles. The molecule has 0 radical (unpaired) electrons. The molecule has 1 N–H and O–H groups in total. The molecule has 1 heterocycles. The van der Waals surface area contributed by atoms with Gasteiger partial charge in [-0.3, -0.25) is 0 Å². The van der Waals surface area contributed by atoms with Crippen LogP contribution >= 0.6 is 15.9 Å². The van der Waals surface area contributed by atoms with Gasteiger partial charge in [0.25, 0.3) is 0 Å². The zero-order valence-electron chi connectivity index (χ0n) is 13.4. The predicted octanol–water partition coefficient (Wildman–Crippen LogP) is 3.81. The highest BCUT2D eigenvalue weighted by Gasteiger charge is 2.20. The first kappa shape index (κ1) is 16.8. The van der Waals surface area contributed by atoms with Crippen LogP contribution < -0.4 is 10.2 Å². The van der Waals surface area contributed by atoms with Crippen LogP contribution in [0.5, 0.6) is 0 Å². The van der Waals surface area contributed by atoms with Crippen molar-refractivity contribution in [1.29, 1.82) is 0 Å². The molecule has 1 unspecified atom stereocenters. The fourth-order valence-corrected chi connectivity index (χ4v) is 3.37. The van der Waals surface area contributed by atoms with Crippen LogP contribution in [-0.2, 0) is 11.3 Å². The van der Waals surface area contributed by atoms with E-state index >= 15 is 0 Å². The van der Waals surface area contributed by atoms with Gasteiger partial charge in [-0.1, -0.05) is 35.8 Å². The molecule has 21 heavy (non-hydrogen) atoms. The van der Waals surface area contributed by atoms with E-state index in [1.54, 1.807) is 7.11 Å². The number of ether oxygens (including phenoxy) is 1. The average Bonchev–Trinajstić information content (AvgIpc) is 2.46. The summed E-state index contributed by atoms with van der Waals surface area (Å²) in [5.74, 6) is 0.657. The van der Waals surface area contributed by atoms with E-state index in [-0.39, 0.29) is 0 Å². The van der Waals surface area contributed by atoms with E-state index in [9.17, 15) is 0 Å². The molecule has 1 atom stereocenters. The highest BCUT2D eigenvalue weighted by molar-refractivity contribution is 9.10. The molecule has 1 aromatic rings. The number of anilines is 1. The summed E-state index contributed by atoms with van der Waals surface area (Å²) >= 11 is 3.72. The van der Waals surface area contributed by atoms with Gasteiger partial charge in [-0.05, 0) is 36.5 Å². The third kappa shape index (κ3) is 4.97. The van der Waals surface area contributed by atoms with Gasteiger partial charge >= 0.3 is 0 Å². The number of hydrogen-bond donors (Lipinski definition) is 1. The van der Waals surface area contributed by atoms with E-state index in [0.717, 1.165) is 26.2 Å². The maximum Gasteiger partial charge on any atom is 0.0507 e. The molecule has 3 nitrogen and oxygen atoms in total. The second-order valence-electron chi connectivity index (χ2n) is 6.22. The third-order valence-electron chi connectivity index (χ3n) is 4.02. The minimum absolute atomic E-state index is 0.508. The molecule has 4 heteroatoms. The molecule has 0 saturated carbocycles. The van der Waals surface area contributed by atoms with Gasteiger partial charge in [0.05, 0.1) is 6.61 Å². The van der Waals surface area contributed by atoms with E-state index in [1.165, 1.54) is 28.6 Å². The summed E-state index contributed by atoms with van der Waals surface area (Å²) in [4.78, 5) is 2.48. The Labute approximate surface area is 137 Å². The molecular weight excluding hydrogens is 328 g/mol. The Balaban J connectivity index is 2.01. The quantitative estimate of drug-likeness (QED) is 0.840. The highest BCUT2D eigenvalue weighted by Crippen LogP contribution is 2.28. The van der Waals surface area contributed by atoms with E-state index in [2.05, 4.69) is 58.2 Å². The van der Waals surface area contributed by atoms with Crippen molar-refractivity contribution >= 4 is 21.6 Å². The first-order valence-corrected chi connectivity index (χ1v) is 8.65. The van der Waals surface area contributed by atoms with Crippen molar-refractivity contribution in [3.05, 3.63) is 28.2 Å². The summed E-state index contributed by atoms with van der Waals surface area (Å²) in [6, 6.07) is 7.24. The Bertz CT molecular complexity index is 448. The van der Waals surface area contributed by atoms with Gasteiger partial charge in [-0.2, -0.15) is 0 Å². The summed E-state index contributed by atoms with van der Waals surface area (Å²) in [5, 5.41) is 3.47. The lowest BCUT2D eigenvalue weighted by Gasteiger charge is -2.34. The molecule has 0 aromatic heterocycles. The van der Waals surface area contributed by atoms with E-state index < -0.39 is 0 Å². The molecule has 0 aliphatic carbocycles. The molecule has 0 spiro atoms. The van der Waals surface area contributed by atoms with Crippen LogP contribution in [0.15, 0.2) is 22.7 Å². The number of methoxy groups -OCH3 is 1. The molecule has 1 aromatic carbocycles. The topological polar surface area (TPSA) is 24.5 Å². The third-order valence-corrected chi connectivity index (χ3v) is 4.76. The number of nitrogens with zero attached hydrogens (tertiary/aromatic N) is 1. The van der Waals surface area contributed by atoms with Crippen molar-refractivity contribution in [3.63, 3.8) is 0 Å². The SMILES string of the molecule is COCC1CCCN(c2ccc(CNC(C)C)c(Br)c2)C1. The Morgan fingerprint density at radius 1 is 1.43 bits per heavy atom. The lowest BCUT2D eigenvalue weighted by molar-refractivity contribution is 0.143. The lowest BCUT2D eigenvalue weighted by atomic mass is 9.98. The maximum absolute atomic E-state index is 5.32. The number of rotatable bonds is 6.